The summed E-state index contributed by atoms with van der Waals surface area (Å²) >= 11 is 0. The molecule has 0 bridgehead atoms. The number of rotatable bonds is 1. The van der Waals surface area contributed by atoms with E-state index in [9.17, 15) is 0 Å². The maximum absolute atomic E-state index is 3.87. The van der Waals surface area contributed by atoms with Crippen LogP contribution in [0.3, 0.4) is 0 Å². The van der Waals surface area contributed by atoms with Crippen molar-refractivity contribution in [3.63, 3.8) is 0 Å². The van der Waals surface area contributed by atoms with E-state index < -0.39 is 0 Å². The molecule has 0 unspecified atom stereocenters. The average molecular weight is 184 g/mol. The van der Waals surface area contributed by atoms with Crippen LogP contribution in [0.5, 0.6) is 0 Å². The van der Waals surface area contributed by atoms with E-state index in [1.165, 1.54) is 16.7 Å². The molecule has 0 atom stereocenters. The van der Waals surface area contributed by atoms with E-state index in [1.54, 1.807) is 0 Å². The predicted octanol–water partition coefficient (Wildman–Crippen LogP) is 2.54. The van der Waals surface area contributed by atoms with Gasteiger partial charge in [-0.05, 0) is 42.3 Å². The van der Waals surface area contributed by atoms with Crippen LogP contribution in [0.15, 0.2) is 48.5 Å². The smallest absolute Gasteiger partial charge is 0.127 e. The first-order valence-electron chi connectivity index (χ1n) is 4.75. The number of quaternary nitrogens is 1. The summed E-state index contributed by atoms with van der Waals surface area (Å²) in [6, 6.07) is 16.8. The molecule has 0 radical (unpaired) electrons. The van der Waals surface area contributed by atoms with Gasteiger partial charge in [-0.2, -0.15) is 0 Å². The standard InChI is InChI=1S/C13H13N/c1-10-2-4-11(5-3-10)12-6-8-13(14)9-7-12/h2-9H,14H2,1H3/p+1. The lowest BCUT2D eigenvalue weighted by atomic mass is 10.0. The Hall–Kier alpha value is -1.60. The number of hydrogen-bond acceptors (Lipinski definition) is 0. The Kier molecular flexibility index (Phi) is 2.33. The lowest BCUT2D eigenvalue weighted by Gasteiger charge is -2.01. The number of aryl methyl sites for hydroxylation is 1. The van der Waals surface area contributed by atoms with Gasteiger partial charge in [-0.15, -0.1) is 0 Å². The number of hydrogen-bond donors (Lipinski definition) is 1. The van der Waals surface area contributed by atoms with Gasteiger partial charge in [0.25, 0.3) is 0 Å². The van der Waals surface area contributed by atoms with E-state index in [0.717, 1.165) is 5.69 Å². The molecule has 0 saturated carbocycles. The third-order valence-corrected chi connectivity index (χ3v) is 2.34. The van der Waals surface area contributed by atoms with Crippen molar-refractivity contribution in [2.24, 2.45) is 0 Å². The molecule has 70 valence electrons. The molecule has 1 heteroatoms. The quantitative estimate of drug-likeness (QED) is 0.705. The summed E-state index contributed by atoms with van der Waals surface area (Å²) in [5.74, 6) is 0. The van der Waals surface area contributed by atoms with Gasteiger partial charge in [0, 0.05) is 0 Å². The largest absolute Gasteiger partial charge is 0.325 e. The van der Waals surface area contributed by atoms with Crippen molar-refractivity contribution in [2.75, 3.05) is 0 Å². The molecule has 2 aromatic carbocycles. The first-order chi connectivity index (χ1) is 6.75. The molecule has 0 fully saturated rings. The molecule has 0 aliphatic rings. The summed E-state index contributed by atoms with van der Waals surface area (Å²) in [6.07, 6.45) is 0. The Labute approximate surface area is 84.2 Å². The molecular formula is C13H14N+. The van der Waals surface area contributed by atoms with Gasteiger partial charge in [-0.3, -0.25) is 0 Å². The molecule has 0 spiro atoms. The highest BCUT2D eigenvalue weighted by molar-refractivity contribution is 5.64. The third kappa shape index (κ3) is 1.83. The molecule has 1 nitrogen and oxygen atoms in total. The monoisotopic (exact) mass is 184 g/mol. The first kappa shape index (κ1) is 8.97. The maximum atomic E-state index is 3.87. The van der Waals surface area contributed by atoms with Crippen LogP contribution in [0.4, 0.5) is 5.69 Å². The fourth-order valence-corrected chi connectivity index (χ4v) is 1.44. The minimum absolute atomic E-state index is 1.06. The van der Waals surface area contributed by atoms with Gasteiger partial charge < -0.3 is 5.73 Å². The van der Waals surface area contributed by atoms with Crippen LogP contribution in [-0.4, -0.2) is 0 Å². The van der Waals surface area contributed by atoms with Crippen LogP contribution in [-0.2, 0) is 0 Å². The van der Waals surface area contributed by atoms with Gasteiger partial charge >= 0.3 is 0 Å². The summed E-state index contributed by atoms with van der Waals surface area (Å²) in [4.78, 5) is 0. The zero-order valence-corrected chi connectivity index (χ0v) is 8.33. The molecule has 0 amide bonds. The van der Waals surface area contributed by atoms with Gasteiger partial charge in [0.2, 0.25) is 0 Å². The minimum Gasteiger partial charge on any atom is -0.325 e. The lowest BCUT2D eigenvalue weighted by Crippen LogP contribution is -2.39. The Balaban J connectivity index is 2.40. The summed E-state index contributed by atoms with van der Waals surface area (Å²) in [5.41, 5.74) is 8.73. The van der Waals surface area contributed by atoms with Crippen molar-refractivity contribution in [1.82, 2.24) is 0 Å². The second-order valence-electron chi connectivity index (χ2n) is 3.56. The highest BCUT2D eigenvalue weighted by atomic mass is 14.5. The second-order valence-corrected chi connectivity index (χ2v) is 3.56. The van der Waals surface area contributed by atoms with Gasteiger partial charge in [0.05, 0.1) is 0 Å². The fraction of sp³-hybridized carbons (Fsp3) is 0.0769. The molecule has 2 rings (SSSR count). The molecule has 0 aliphatic heterocycles. The Bertz CT molecular complexity index is 368. The summed E-state index contributed by atoms with van der Waals surface area (Å²) in [6.45, 7) is 2.10. The number of benzene rings is 2. The zero-order valence-electron chi connectivity index (χ0n) is 8.33. The van der Waals surface area contributed by atoms with E-state index in [2.05, 4.69) is 49.1 Å². The zero-order chi connectivity index (χ0) is 9.97. The van der Waals surface area contributed by atoms with Gasteiger partial charge in [-0.25, -0.2) is 0 Å². The molecule has 0 aromatic heterocycles. The van der Waals surface area contributed by atoms with Crippen LogP contribution in [0, 0.1) is 6.92 Å². The van der Waals surface area contributed by atoms with Gasteiger partial charge in [-0.1, -0.05) is 29.8 Å². The van der Waals surface area contributed by atoms with E-state index in [4.69, 9.17) is 0 Å². The summed E-state index contributed by atoms with van der Waals surface area (Å²) in [7, 11) is 0. The van der Waals surface area contributed by atoms with E-state index in [-0.39, 0.29) is 0 Å². The third-order valence-electron chi connectivity index (χ3n) is 2.34. The van der Waals surface area contributed by atoms with Crippen LogP contribution in [0.2, 0.25) is 0 Å². The average Bonchev–Trinajstić information content (AvgIpc) is 2.21. The van der Waals surface area contributed by atoms with E-state index in [1.807, 2.05) is 12.1 Å². The summed E-state index contributed by atoms with van der Waals surface area (Å²) < 4.78 is 0. The first-order valence-corrected chi connectivity index (χ1v) is 4.75. The molecule has 0 heterocycles. The highest BCUT2D eigenvalue weighted by Gasteiger charge is 1.96. The molecule has 0 aliphatic carbocycles. The highest BCUT2D eigenvalue weighted by Crippen LogP contribution is 2.20. The van der Waals surface area contributed by atoms with Gasteiger partial charge in [0.15, 0.2) is 0 Å². The molecule has 2 aromatic rings. The molecule has 0 saturated heterocycles. The fourth-order valence-electron chi connectivity index (χ4n) is 1.44. The van der Waals surface area contributed by atoms with Crippen LogP contribution < -0.4 is 5.73 Å². The normalized spacial score (nSPS) is 10.1. The summed E-state index contributed by atoms with van der Waals surface area (Å²) in [5, 5.41) is 0. The van der Waals surface area contributed by atoms with Crippen molar-refractivity contribution >= 4 is 5.69 Å². The van der Waals surface area contributed by atoms with Crippen molar-refractivity contribution in [2.45, 2.75) is 6.92 Å². The molecule has 3 N–H and O–H groups in total. The van der Waals surface area contributed by atoms with Crippen molar-refractivity contribution in [3.05, 3.63) is 54.1 Å². The van der Waals surface area contributed by atoms with Crippen LogP contribution >= 0.6 is 0 Å². The van der Waals surface area contributed by atoms with Crippen molar-refractivity contribution in [1.29, 1.82) is 0 Å². The van der Waals surface area contributed by atoms with Crippen molar-refractivity contribution in [3.8, 4) is 11.1 Å². The Morgan fingerprint density at radius 2 is 1.14 bits per heavy atom. The van der Waals surface area contributed by atoms with Crippen molar-refractivity contribution < 1.29 is 5.73 Å². The van der Waals surface area contributed by atoms with E-state index >= 15 is 0 Å². The Morgan fingerprint density at radius 3 is 1.64 bits per heavy atom. The lowest BCUT2D eigenvalue weighted by molar-refractivity contribution is -0.254. The Morgan fingerprint density at radius 1 is 0.714 bits per heavy atom. The molecular weight excluding hydrogens is 170 g/mol. The van der Waals surface area contributed by atoms with E-state index in [0.29, 0.717) is 0 Å². The topological polar surface area (TPSA) is 27.6 Å². The minimum atomic E-state index is 1.06. The second kappa shape index (κ2) is 3.64. The predicted molar refractivity (Wildman–Crippen MR) is 59.2 cm³/mol. The van der Waals surface area contributed by atoms with Gasteiger partial charge in [0.1, 0.15) is 5.69 Å². The van der Waals surface area contributed by atoms with Crippen LogP contribution in [0.1, 0.15) is 5.56 Å². The maximum Gasteiger partial charge on any atom is 0.127 e. The van der Waals surface area contributed by atoms with Crippen LogP contribution in [0.25, 0.3) is 11.1 Å². The SMILES string of the molecule is Cc1ccc(-c2ccc([NH3+])cc2)cc1. The molecule has 14 heavy (non-hydrogen) atoms.